The van der Waals surface area contributed by atoms with Crippen LogP contribution in [0.25, 0.3) is 0 Å². The van der Waals surface area contributed by atoms with Crippen LogP contribution in [0.3, 0.4) is 0 Å². The van der Waals surface area contributed by atoms with Crippen LogP contribution in [0.5, 0.6) is 0 Å². The second kappa shape index (κ2) is 7.73. The van der Waals surface area contributed by atoms with Crippen molar-refractivity contribution in [2.24, 2.45) is 0 Å². The fourth-order valence-corrected chi connectivity index (χ4v) is 5.07. The lowest BCUT2D eigenvalue weighted by Crippen LogP contribution is -2.47. The third-order valence-electron chi connectivity index (χ3n) is 5.49. The first kappa shape index (κ1) is 18.6. The molecule has 1 amide bonds. The molecule has 0 spiro atoms. The van der Waals surface area contributed by atoms with Gasteiger partial charge in [0.1, 0.15) is 0 Å². The van der Waals surface area contributed by atoms with Gasteiger partial charge in [0.15, 0.2) is 0 Å². The highest BCUT2D eigenvalue weighted by Crippen LogP contribution is 2.43. The summed E-state index contributed by atoms with van der Waals surface area (Å²) in [6.45, 7) is 4.69. The van der Waals surface area contributed by atoms with Crippen LogP contribution >= 0.6 is 11.8 Å². The fraction of sp³-hybridized carbons (Fsp3) is 0.304. The van der Waals surface area contributed by atoms with Crippen LogP contribution in [0.2, 0.25) is 0 Å². The molecule has 0 saturated carbocycles. The van der Waals surface area contributed by atoms with Crippen LogP contribution in [0.15, 0.2) is 59.1 Å². The van der Waals surface area contributed by atoms with E-state index in [4.69, 9.17) is 0 Å². The van der Waals surface area contributed by atoms with Crippen LogP contribution in [-0.4, -0.2) is 23.4 Å². The summed E-state index contributed by atoms with van der Waals surface area (Å²) in [6, 6.07) is 18.9. The Morgan fingerprint density at radius 3 is 2.64 bits per heavy atom. The first-order valence-corrected chi connectivity index (χ1v) is 10.6. The Labute approximate surface area is 170 Å². The number of nitrogens with zero attached hydrogens (tertiary/aromatic N) is 3. The monoisotopic (exact) mass is 389 g/mol. The Bertz CT molecular complexity index is 974. The number of hydrogen-bond donors (Lipinski definition) is 0. The maximum Gasteiger partial charge on any atom is 0.229 e. The SMILES string of the molecule is CCc1ccccc1N1CSC2=C(C#N)[C@H](c3ccc(C)cc3)CC(=O)N2C1. The van der Waals surface area contributed by atoms with Crippen molar-refractivity contribution in [2.45, 2.75) is 32.6 Å². The number of hydrogen-bond acceptors (Lipinski definition) is 4. The minimum atomic E-state index is -0.147. The molecular weight excluding hydrogens is 366 g/mol. The average Bonchev–Trinajstić information content (AvgIpc) is 2.74. The van der Waals surface area contributed by atoms with E-state index in [1.807, 2.05) is 37.3 Å². The zero-order valence-electron chi connectivity index (χ0n) is 16.2. The number of allylic oxidation sites excluding steroid dienone is 1. The zero-order chi connectivity index (χ0) is 19.7. The standard InChI is InChI=1S/C23H23N3OS/c1-3-17-6-4-5-7-21(17)25-14-26-22(27)12-19(18-10-8-16(2)9-11-18)20(13-24)23(26)28-15-25/h4-11,19H,3,12,14-15H2,1-2H3/t19-/m0/s1. The highest BCUT2D eigenvalue weighted by molar-refractivity contribution is 8.03. The molecule has 2 aliphatic heterocycles. The van der Waals surface area contributed by atoms with E-state index < -0.39 is 0 Å². The van der Waals surface area contributed by atoms with Crippen molar-refractivity contribution in [3.8, 4) is 6.07 Å². The van der Waals surface area contributed by atoms with E-state index in [1.165, 1.54) is 16.8 Å². The van der Waals surface area contributed by atoms with E-state index in [9.17, 15) is 10.1 Å². The molecule has 0 aliphatic carbocycles. The van der Waals surface area contributed by atoms with Crippen LogP contribution in [-0.2, 0) is 11.2 Å². The van der Waals surface area contributed by atoms with E-state index in [0.29, 0.717) is 13.1 Å². The topological polar surface area (TPSA) is 47.3 Å². The smallest absolute Gasteiger partial charge is 0.229 e. The Morgan fingerprint density at radius 1 is 1.18 bits per heavy atom. The number of rotatable bonds is 3. The first-order valence-electron chi connectivity index (χ1n) is 9.59. The quantitative estimate of drug-likeness (QED) is 0.758. The van der Waals surface area contributed by atoms with Crippen LogP contribution < -0.4 is 4.90 Å². The number of amides is 1. The van der Waals surface area contributed by atoms with Gasteiger partial charge in [0, 0.05) is 18.0 Å². The third-order valence-corrected chi connectivity index (χ3v) is 6.64. The van der Waals surface area contributed by atoms with Gasteiger partial charge in [0.2, 0.25) is 5.91 Å². The molecule has 0 radical (unpaired) electrons. The number of thioether (sulfide) groups is 1. The van der Waals surface area contributed by atoms with Gasteiger partial charge in [-0.05, 0) is 30.5 Å². The highest BCUT2D eigenvalue weighted by atomic mass is 32.2. The van der Waals surface area contributed by atoms with E-state index in [-0.39, 0.29) is 11.8 Å². The maximum atomic E-state index is 13.0. The molecule has 5 heteroatoms. The lowest BCUT2D eigenvalue weighted by atomic mass is 9.86. The number of nitriles is 1. The van der Waals surface area contributed by atoms with Crippen molar-refractivity contribution in [3.05, 3.63) is 75.8 Å². The van der Waals surface area contributed by atoms with Gasteiger partial charge < -0.3 is 4.90 Å². The van der Waals surface area contributed by atoms with Gasteiger partial charge in [-0.15, -0.1) is 0 Å². The minimum absolute atomic E-state index is 0.0887. The van der Waals surface area contributed by atoms with Gasteiger partial charge in [-0.3, -0.25) is 9.69 Å². The van der Waals surface area contributed by atoms with Crippen molar-refractivity contribution in [1.29, 1.82) is 5.26 Å². The van der Waals surface area contributed by atoms with E-state index >= 15 is 0 Å². The van der Waals surface area contributed by atoms with E-state index in [0.717, 1.165) is 28.5 Å². The van der Waals surface area contributed by atoms with Gasteiger partial charge in [-0.2, -0.15) is 5.26 Å². The van der Waals surface area contributed by atoms with E-state index in [1.54, 1.807) is 16.7 Å². The number of aryl methyl sites for hydroxylation is 2. The summed E-state index contributed by atoms with van der Waals surface area (Å²) < 4.78 is 0. The Balaban J connectivity index is 1.67. The molecule has 2 aliphatic rings. The maximum absolute atomic E-state index is 13.0. The van der Waals surface area contributed by atoms with Gasteiger partial charge >= 0.3 is 0 Å². The first-order chi connectivity index (χ1) is 13.6. The van der Waals surface area contributed by atoms with Crippen LogP contribution in [0.1, 0.15) is 36.0 Å². The normalized spacial score (nSPS) is 19.5. The molecule has 4 rings (SSSR count). The van der Waals surface area contributed by atoms with Gasteiger partial charge in [-0.1, -0.05) is 66.7 Å². The number of fused-ring (bicyclic) bond motifs is 1. The van der Waals surface area contributed by atoms with Crippen molar-refractivity contribution < 1.29 is 4.79 Å². The second-order valence-electron chi connectivity index (χ2n) is 7.26. The molecule has 2 aromatic rings. The largest absolute Gasteiger partial charge is 0.343 e. The fourth-order valence-electron chi connectivity index (χ4n) is 3.92. The Morgan fingerprint density at radius 2 is 1.93 bits per heavy atom. The molecule has 142 valence electrons. The summed E-state index contributed by atoms with van der Waals surface area (Å²) in [5.41, 5.74) is 5.39. The molecule has 0 bridgehead atoms. The number of carbonyl (C=O) groups excluding carboxylic acids is 1. The molecule has 0 aromatic heterocycles. The second-order valence-corrected chi connectivity index (χ2v) is 8.19. The van der Waals surface area contributed by atoms with Crippen molar-refractivity contribution in [3.63, 3.8) is 0 Å². The molecule has 1 fully saturated rings. The summed E-state index contributed by atoms with van der Waals surface area (Å²) in [5, 5.41) is 10.7. The number of anilines is 1. The molecule has 0 unspecified atom stereocenters. The molecule has 4 nitrogen and oxygen atoms in total. The molecule has 1 atom stereocenters. The predicted molar refractivity (Wildman–Crippen MR) is 114 cm³/mol. The Hall–Kier alpha value is -2.71. The zero-order valence-corrected chi connectivity index (χ0v) is 17.0. The lowest BCUT2D eigenvalue weighted by molar-refractivity contribution is -0.129. The molecule has 28 heavy (non-hydrogen) atoms. The highest BCUT2D eigenvalue weighted by Gasteiger charge is 2.38. The minimum Gasteiger partial charge on any atom is -0.343 e. The van der Waals surface area contributed by atoms with Crippen molar-refractivity contribution >= 4 is 23.4 Å². The lowest BCUT2D eigenvalue weighted by Gasteiger charge is -2.42. The van der Waals surface area contributed by atoms with Crippen molar-refractivity contribution in [1.82, 2.24) is 4.90 Å². The van der Waals surface area contributed by atoms with E-state index in [2.05, 4.69) is 36.1 Å². The van der Waals surface area contributed by atoms with Crippen molar-refractivity contribution in [2.75, 3.05) is 17.4 Å². The number of para-hydroxylation sites is 1. The van der Waals surface area contributed by atoms with Crippen LogP contribution in [0, 0.1) is 18.3 Å². The summed E-state index contributed by atoms with van der Waals surface area (Å²) in [6.07, 6.45) is 1.30. The molecule has 1 saturated heterocycles. The molecule has 0 N–H and O–H groups in total. The summed E-state index contributed by atoms with van der Waals surface area (Å²) in [5.74, 6) is 0.680. The van der Waals surface area contributed by atoms with Gasteiger partial charge in [0.05, 0.1) is 29.2 Å². The van der Waals surface area contributed by atoms with Gasteiger partial charge in [-0.25, -0.2) is 0 Å². The third kappa shape index (κ3) is 3.29. The Kier molecular flexibility index (Phi) is 5.15. The molecular formula is C23H23N3OS. The molecule has 2 heterocycles. The number of carbonyl (C=O) groups is 1. The molecule has 2 aromatic carbocycles. The average molecular weight is 390 g/mol. The summed E-state index contributed by atoms with van der Waals surface area (Å²) in [7, 11) is 0. The summed E-state index contributed by atoms with van der Waals surface area (Å²) >= 11 is 1.60. The number of benzene rings is 2. The van der Waals surface area contributed by atoms with Gasteiger partial charge in [0.25, 0.3) is 0 Å². The summed E-state index contributed by atoms with van der Waals surface area (Å²) in [4.78, 5) is 17.0. The van der Waals surface area contributed by atoms with Crippen LogP contribution in [0.4, 0.5) is 5.69 Å². The predicted octanol–water partition coefficient (Wildman–Crippen LogP) is 4.78.